The molecular weight excluding hydrogens is 272 g/mol. The summed E-state index contributed by atoms with van der Waals surface area (Å²) in [7, 11) is 0. The van der Waals surface area contributed by atoms with Gasteiger partial charge in [0.25, 0.3) is 0 Å². The van der Waals surface area contributed by atoms with Crippen molar-refractivity contribution in [3.63, 3.8) is 0 Å². The van der Waals surface area contributed by atoms with E-state index in [9.17, 15) is 18.0 Å². The quantitative estimate of drug-likeness (QED) is 0.781. The molecule has 0 spiro atoms. The number of hydrogen-bond acceptors (Lipinski definition) is 1. The van der Waals surface area contributed by atoms with E-state index in [-0.39, 0.29) is 38.4 Å². The maximum absolute atomic E-state index is 11.7. The van der Waals surface area contributed by atoms with E-state index < -0.39 is 12.1 Å². The minimum atomic E-state index is -4.86. The Morgan fingerprint density at radius 2 is 2.00 bits per heavy atom. The van der Waals surface area contributed by atoms with Crippen molar-refractivity contribution < 1.29 is 50.7 Å². The Kier molecular flexibility index (Phi) is 5.30. The van der Waals surface area contributed by atoms with Crippen LogP contribution in [0.25, 0.3) is 0 Å². The molecule has 6 heteroatoms. The number of amides is 1. The molecule has 0 heterocycles. The van der Waals surface area contributed by atoms with Crippen LogP contribution >= 0.6 is 0 Å². The molecule has 0 atom stereocenters. The number of anilines is 1. The van der Waals surface area contributed by atoms with Gasteiger partial charge in [-0.15, -0.1) is 6.07 Å². The Hall–Kier alpha value is -0.416. The minimum Gasteiger partial charge on any atom is -0.342 e. The van der Waals surface area contributed by atoms with Crippen LogP contribution in [0.3, 0.4) is 0 Å². The third-order valence-electron chi connectivity index (χ3n) is 1.21. The van der Waals surface area contributed by atoms with Gasteiger partial charge in [0.15, 0.2) is 0 Å². The molecule has 0 aliphatic rings. The zero-order valence-corrected chi connectivity index (χ0v) is 9.77. The predicted molar refractivity (Wildman–Crippen MR) is 40.0 cm³/mol. The number of para-hydroxylation sites is 1. The van der Waals surface area contributed by atoms with Crippen LogP contribution in [-0.4, -0.2) is 12.1 Å². The predicted octanol–water partition coefficient (Wildman–Crippen LogP) is 1.99. The molecule has 1 aromatic carbocycles. The molecule has 1 aromatic rings. The molecule has 0 saturated carbocycles. The standard InChI is InChI=1S/C8H5F3NO.Y/c9-8(10,11)7(13)12-6-4-2-1-3-5-6;/h1-4H,(H,12,13);/q-1;. The van der Waals surface area contributed by atoms with Gasteiger partial charge in [-0.05, 0) is 0 Å². The smallest absolute Gasteiger partial charge is 0.342 e. The maximum atomic E-state index is 11.7. The van der Waals surface area contributed by atoms with Gasteiger partial charge in [0.05, 0.1) is 0 Å². The minimum absolute atomic E-state index is 0. The Morgan fingerprint density at radius 3 is 2.43 bits per heavy atom. The van der Waals surface area contributed by atoms with Crippen LogP contribution in [0.5, 0.6) is 0 Å². The van der Waals surface area contributed by atoms with Crippen LogP contribution in [0.15, 0.2) is 24.3 Å². The van der Waals surface area contributed by atoms with Gasteiger partial charge in [-0.2, -0.15) is 37.4 Å². The zero-order chi connectivity index (χ0) is 9.90. The van der Waals surface area contributed by atoms with E-state index in [2.05, 4.69) is 6.07 Å². The first-order valence-electron chi connectivity index (χ1n) is 3.35. The van der Waals surface area contributed by atoms with E-state index in [0.29, 0.717) is 0 Å². The molecule has 1 rings (SSSR count). The second-order valence-corrected chi connectivity index (χ2v) is 2.23. The maximum Gasteiger partial charge on any atom is 0.471 e. The molecule has 0 unspecified atom stereocenters. The average molecular weight is 277 g/mol. The molecule has 0 bridgehead atoms. The molecule has 14 heavy (non-hydrogen) atoms. The SMILES string of the molecule is O=C(Nc1[c-]cccc1)C(F)(F)F.[Y]. The van der Waals surface area contributed by atoms with Gasteiger partial charge in [0.1, 0.15) is 0 Å². The van der Waals surface area contributed by atoms with Crippen LogP contribution in [-0.2, 0) is 37.5 Å². The molecule has 73 valence electrons. The summed E-state index contributed by atoms with van der Waals surface area (Å²) in [6.45, 7) is 0. The van der Waals surface area contributed by atoms with Gasteiger partial charge in [-0.1, -0.05) is 5.69 Å². The largest absolute Gasteiger partial charge is 0.471 e. The van der Waals surface area contributed by atoms with Crippen molar-refractivity contribution in [3.8, 4) is 0 Å². The number of hydrogen-bond donors (Lipinski definition) is 1. The van der Waals surface area contributed by atoms with E-state index in [1.54, 1.807) is 11.4 Å². The van der Waals surface area contributed by atoms with E-state index >= 15 is 0 Å². The van der Waals surface area contributed by atoms with Gasteiger partial charge in [0, 0.05) is 32.7 Å². The van der Waals surface area contributed by atoms with Gasteiger partial charge in [-0.3, -0.25) is 4.79 Å². The average Bonchev–Trinajstić information content (AvgIpc) is 2.04. The number of rotatable bonds is 1. The molecule has 0 fully saturated rings. The summed E-state index contributed by atoms with van der Waals surface area (Å²) >= 11 is 0. The van der Waals surface area contributed by atoms with E-state index in [4.69, 9.17) is 0 Å². The first kappa shape index (κ1) is 13.6. The fourth-order valence-corrected chi connectivity index (χ4v) is 0.664. The molecule has 2 nitrogen and oxygen atoms in total. The summed E-state index contributed by atoms with van der Waals surface area (Å²) in [4.78, 5) is 10.4. The van der Waals surface area contributed by atoms with Crippen LogP contribution in [0.4, 0.5) is 18.9 Å². The number of halogens is 3. The van der Waals surface area contributed by atoms with Crippen LogP contribution < -0.4 is 5.32 Å². The summed E-state index contributed by atoms with van der Waals surface area (Å²) in [5.41, 5.74) is 0.00447. The molecule has 1 amide bonds. The Balaban J connectivity index is 0.00000169. The van der Waals surface area contributed by atoms with Gasteiger partial charge in [-0.25, -0.2) is 0 Å². The normalized spacial score (nSPS) is 10.2. The topological polar surface area (TPSA) is 29.1 Å². The number of benzene rings is 1. The third kappa shape index (κ3) is 4.20. The number of alkyl halides is 3. The van der Waals surface area contributed by atoms with Crippen LogP contribution in [0.2, 0.25) is 0 Å². The fraction of sp³-hybridized carbons (Fsp3) is 0.125. The van der Waals surface area contributed by atoms with E-state index in [1.807, 2.05) is 0 Å². The number of carbonyl (C=O) groups excluding carboxylic acids is 1. The third-order valence-corrected chi connectivity index (χ3v) is 1.21. The second kappa shape index (κ2) is 5.46. The van der Waals surface area contributed by atoms with E-state index in [0.717, 1.165) is 0 Å². The van der Waals surface area contributed by atoms with Crippen molar-refractivity contribution in [3.05, 3.63) is 30.3 Å². The van der Waals surface area contributed by atoms with Crippen molar-refractivity contribution in [2.45, 2.75) is 6.18 Å². The summed E-state index contributed by atoms with van der Waals surface area (Å²) in [6.07, 6.45) is -4.86. The van der Waals surface area contributed by atoms with Crippen molar-refractivity contribution in [2.75, 3.05) is 5.32 Å². The van der Waals surface area contributed by atoms with Crippen LogP contribution in [0.1, 0.15) is 0 Å². The summed E-state index contributed by atoms with van der Waals surface area (Å²) in [5.74, 6) is -1.99. The van der Waals surface area contributed by atoms with Crippen molar-refractivity contribution in [1.29, 1.82) is 0 Å². The van der Waals surface area contributed by atoms with Gasteiger partial charge < -0.3 is 5.32 Å². The Bertz CT molecular complexity index is 299. The zero-order valence-electron chi connectivity index (χ0n) is 6.93. The van der Waals surface area contributed by atoms with Crippen molar-refractivity contribution in [2.24, 2.45) is 0 Å². The molecule has 0 aromatic heterocycles. The van der Waals surface area contributed by atoms with Crippen molar-refractivity contribution in [1.82, 2.24) is 0 Å². The van der Waals surface area contributed by atoms with Gasteiger partial charge in [0.2, 0.25) is 0 Å². The van der Waals surface area contributed by atoms with E-state index in [1.165, 1.54) is 18.2 Å². The molecular formula is C8H5F3NOY-. The first-order chi connectivity index (χ1) is 6.00. The summed E-state index contributed by atoms with van der Waals surface area (Å²) < 4.78 is 35.1. The molecule has 0 aliphatic carbocycles. The molecule has 0 saturated heterocycles. The molecule has 1 radical (unpaired) electrons. The first-order valence-corrected chi connectivity index (χ1v) is 3.35. The summed E-state index contributed by atoms with van der Waals surface area (Å²) in [5, 5.41) is 1.66. The fourth-order valence-electron chi connectivity index (χ4n) is 0.664. The second-order valence-electron chi connectivity index (χ2n) is 2.23. The van der Waals surface area contributed by atoms with Crippen LogP contribution in [0, 0.1) is 6.07 Å². The Labute approximate surface area is 104 Å². The molecule has 0 aliphatic heterocycles. The number of nitrogens with one attached hydrogen (secondary N) is 1. The number of carbonyl (C=O) groups is 1. The molecule has 1 N–H and O–H groups in total. The summed E-state index contributed by atoms with van der Waals surface area (Å²) in [6, 6.07) is 8.26. The van der Waals surface area contributed by atoms with Gasteiger partial charge >= 0.3 is 12.1 Å². The monoisotopic (exact) mass is 277 g/mol. The van der Waals surface area contributed by atoms with Crippen molar-refractivity contribution >= 4 is 11.6 Å². The Morgan fingerprint density at radius 1 is 1.36 bits per heavy atom.